The number of hydrogen-bond donors (Lipinski definition) is 3. The maximum atomic E-state index is 12.0. The van der Waals surface area contributed by atoms with Gasteiger partial charge in [-0.25, -0.2) is 14.8 Å². The Kier molecular flexibility index (Phi) is 9.27. The van der Waals surface area contributed by atoms with Gasteiger partial charge in [-0.1, -0.05) is 69.0 Å². The molecular weight excluding hydrogens is 450 g/mol. The number of aromatic amines is 1. The third-order valence-electron chi connectivity index (χ3n) is 6.40. The summed E-state index contributed by atoms with van der Waals surface area (Å²) in [5.41, 5.74) is 3.27. The summed E-state index contributed by atoms with van der Waals surface area (Å²) in [5.74, 6) is 1.21. The topological polar surface area (TPSA) is 91.9 Å². The van der Waals surface area contributed by atoms with Crippen LogP contribution < -0.4 is 10.6 Å². The molecule has 36 heavy (non-hydrogen) atoms. The van der Waals surface area contributed by atoms with Gasteiger partial charge in [0.1, 0.15) is 17.3 Å². The normalized spacial score (nSPS) is 11.3. The van der Waals surface area contributed by atoms with E-state index in [1.54, 1.807) is 6.07 Å². The van der Waals surface area contributed by atoms with Crippen molar-refractivity contribution in [1.82, 2.24) is 20.3 Å². The fourth-order valence-electron chi connectivity index (χ4n) is 4.47. The van der Waals surface area contributed by atoms with Crippen LogP contribution in [0.5, 0.6) is 0 Å². The Bertz CT molecular complexity index is 1270. The minimum absolute atomic E-state index is 0.359. The lowest BCUT2D eigenvalue weighted by Gasteiger charge is -2.10. The van der Waals surface area contributed by atoms with Gasteiger partial charge in [0.15, 0.2) is 0 Å². The standard InChI is InChI=1S/C29H37N5O2/c1-3-4-5-6-10-16-30-17-11-18-31-27-26-23-15-14-22(29(35)36-2)20-24(23)32-28(26)34-25(33-27)19-21-12-8-7-9-13-21/h7-9,12-15,20,30H,3-6,10-11,16-19H2,1-2H3,(H2,31,32,33,34). The molecule has 0 saturated carbocycles. The molecule has 2 aromatic heterocycles. The number of benzene rings is 2. The van der Waals surface area contributed by atoms with Crippen LogP contribution in [0.15, 0.2) is 48.5 Å². The van der Waals surface area contributed by atoms with Gasteiger partial charge in [-0.2, -0.15) is 0 Å². The van der Waals surface area contributed by atoms with E-state index < -0.39 is 0 Å². The summed E-state index contributed by atoms with van der Waals surface area (Å²) in [6, 6.07) is 15.8. The summed E-state index contributed by atoms with van der Waals surface area (Å²) in [5, 5.41) is 9.04. The number of carbonyl (C=O) groups is 1. The van der Waals surface area contributed by atoms with Crippen LogP contribution in [-0.4, -0.2) is 47.7 Å². The van der Waals surface area contributed by atoms with Gasteiger partial charge in [0, 0.05) is 23.9 Å². The molecule has 0 fully saturated rings. The molecule has 2 heterocycles. The Morgan fingerprint density at radius 3 is 2.56 bits per heavy atom. The number of anilines is 1. The first kappa shape index (κ1) is 25.6. The molecule has 0 saturated heterocycles. The van der Waals surface area contributed by atoms with Gasteiger partial charge in [0.05, 0.1) is 18.1 Å². The van der Waals surface area contributed by atoms with E-state index in [1.165, 1.54) is 39.2 Å². The minimum atomic E-state index is -0.359. The molecule has 0 spiro atoms. The number of unbranched alkanes of at least 4 members (excludes halogenated alkanes) is 4. The summed E-state index contributed by atoms with van der Waals surface area (Å²) in [4.78, 5) is 25.2. The average molecular weight is 488 g/mol. The van der Waals surface area contributed by atoms with Crippen LogP contribution >= 0.6 is 0 Å². The van der Waals surface area contributed by atoms with Gasteiger partial charge >= 0.3 is 5.97 Å². The maximum Gasteiger partial charge on any atom is 0.337 e. The predicted molar refractivity (Wildman–Crippen MR) is 147 cm³/mol. The molecule has 0 aliphatic carbocycles. The van der Waals surface area contributed by atoms with E-state index in [0.29, 0.717) is 12.0 Å². The highest BCUT2D eigenvalue weighted by Gasteiger charge is 2.16. The molecule has 0 aliphatic rings. The number of H-pyrrole nitrogens is 1. The lowest BCUT2D eigenvalue weighted by atomic mass is 10.1. The number of hydrogen-bond acceptors (Lipinski definition) is 6. The number of esters is 1. The smallest absolute Gasteiger partial charge is 0.337 e. The van der Waals surface area contributed by atoms with Crippen LogP contribution in [0.1, 0.15) is 67.2 Å². The molecule has 0 bridgehead atoms. The third kappa shape index (κ3) is 6.61. The zero-order valence-electron chi connectivity index (χ0n) is 21.4. The van der Waals surface area contributed by atoms with Gasteiger partial charge in [0.2, 0.25) is 0 Å². The fourth-order valence-corrected chi connectivity index (χ4v) is 4.47. The van der Waals surface area contributed by atoms with Crippen molar-refractivity contribution in [3.8, 4) is 0 Å². The zero-order chi connectivity index (χ0) is 25.2. The summed E-state index contributed by atoms with van der Waals surface area (Å²) in [6.07, 6.45) is 8.15. The first-order chi connectivity index (χ1) is 17.7. The largest absolute Gasteiger partial charge is 0.465 e. The number of aromatic nitrogens is 3. The van der Waals surface area contributed by atoms with Gasteiger partial charge < -0.3 is 20.4 Å². The van der Waals surface area contributed by atoms with E-state index in [2.05, 4.69) is 34.7 Å². The molecule has 0 radical (unpaired) electrons. The van der Waals surface area contributed by atoms with E-state index in [4.69, 9.17) is 14.7 Å². The minimum Gasteiger partial charge on any atom is -0.465 e. The van der Waals surface area contributed by atoms with Crippen LogP contribution in [0.25, 0.3) is 21.9 Å². The molecule has 0 amide bonds. The molecule has 3 N–H and O–H groups in total. The molecule has 0 unspecified atom stereocenters. The van der Waals surface area contributed by atoms with Crippen molar-refractivity contribution in [2.24, 2.45) is 0 Å². The van der Waals surface area contributed by atoms with Crippen LogP contribution in [0.3, 0.4) is 0 Å². The van der Waals surface area contributed by atoms with Crippen molar-refractivity contribution in [1.29, 1.82) is 0 Å². The molecule has 190 valence electrons. The Morgan fingerprint density at radius 2 is 1.75 bits per heavy atom. The van der Waals surface area contributed by atoms with E-state index in [9.17, 15) is 4.79 Å². The Labute approximate surface area is 213 Å². The van der Waals surface area contributed by atoms with E-state index in [-0.39, 0.29) is 5.97 Å². The fraction of sp³-hybridized carbons (Fsp3) is 0.414. The van der Waals surface area contributed by atoms with Crippen LogP contribution in [0.2, 0.25) is 0 Å². The number of ether oxygens (including phenoxy) is 1. The summed E-state index contributed by atoms with van der Waals surface area (Å²) in [6.45, 7) is 5.11. The molecular formula is C29H37N5O2. The lowest BCUT2D eigenvalue weighted by Crippen LogP contribution is -2.19. The first-order valence-corrected chi connectivity index (χ1v) is 13.1. The monoisotopic (exact) mass is 487 g/mol. The van der Waals surface area contributed by atoms with Crippen LogP contribution in [-0.2, 0) is 11.2 Å². The van der Waals surface area contributed by atoms with Crippen molar-refractivity contribution < 1.29 is 9.53 Å². The number of nitrogens with one attached hydrogen (secondary N) is 3. The molecule has 4 aromatic rings. The second kappa shape index (κ2) is 13.0. The van der Waals surface area contributed by atoms with Crippen molar-refractivity contribution in [2.75, 3.05) is 32.1 Å². The van der Waals surface area contributed by atoms with Crippen LogP contribution in [0.4, 0.5) is 5.82 Å². The van der Waals surface area contributed by atoms with E-state index in [0.717, 1.165) is 65.2 Å². The third-order valence-corrected chi connectivity index (χ3v) is 6.40. The second-order valence-electron chi connectivity index (χ2n) is 9.20. The summed E-state index contributed by atoms with van der Waals surface area (Å²) >= 11 is 0. The van der Waals surface area contributed by atoms with Crippen molar-refractivity contribution in [3.63, 3.8) is 0 Å². The zero-order valence-corrected chi connectivity index (χ0v) is 21.4. The quantitative estimate of drug-likeness (QED) is 0.153. The number of fused-ring (bicyclic) bond motifs is 3. The van der Waals surface area contributed by atoms with E-state index in [1.807, 2.05) is 30.3 Å². The van der Waals surface area contributed by atoms with Crippen molar-refractivity contribution in [3.05, 3.63) is 65.5 Å². The number of carbonyl (C=O) groups excluding carboxylic acids is 1. The van der Waals surface area contributed by atoms with Crippen LogP contribution in [0, 0.1) is 0 Å². The van der Waals surface area contributed by atoms with E-state index >= 15 is 0 Å². The average Bonchev–Trinajstić information content (AvgIpc) is 3.27. The highest BCUT2D eigenvalue weighted by Crippen LogP contribution is 2.31. The Hall–Kier alpha value is -3.45. The highest BCUT2D eigenvalue weighted by molar-refractivity contribution is 6.12. The van der Waals surface area contributed by atoms with Gasteiger partial charge in [-0.3, -0.25) is 0 Å². The number of nitrogens with zero attached hydrogens (tertiary/aromatic N) is 2. The number of methoxy groups -OCH3 is 1. The maximum absolute atomic E-state index is 12.0. The highest BCUT2D eigenvalue weighted by atomic mass is 16.5. The van der Waals surface area contributed by atoms with Gasteiger partial charge in [-0.05, 0) is 43.6 Å². The molecule has 0 atom stereocenters. The Morgan fingerprint density at radius 1 is 0.944 bits per heavy atom. The molecule has 7 nitrogen and oxygen atoms in total. The summed E-state index contributed by atoms with van der Waals surface area (Å²) in [7, 11) is 1.39. The molecule has 2 aromatic carbocycles. The summed E-state index contributed by atoms with van der Waals surface area (Å²) < 4.78 is 4.89. The lowest BCUT2D eigenvalue weighted by molar-refractivity contribution is 0.0601. The SMILES string of the molecule is CCCCCCCNCCCNc1nc(Cc2ccccc2)nc2[nH]c3cc(C(=O)OC)ccc3c12. The van der Waals surface area contributed by atoms with Gasteiger partial charge in [0.25, 0.3) is 0 Å². The van der Waals surface area contributed by atoms with Crippen molar-refractivity contribution in [2.45, 2.75) is 51.9 Å². The first-order valence-electron chi connectivity index (χ1n) is 13.1. The molecule has 0 aliphatic heterocycles. The second-order valence-corrected chi connectivity index (χ2v) is 9.20. The Balaban J connectivity index is 1.49. The van der Waals surface area contributed by atoms with Crippen molar-refractivity contribution >= 4 is 33.7 Å². The molecule has 7 heteroatoms. The van der Waals surface area contributed by atoms with Gasteiger partial charge in [-0.15, -0.1) is 0 Å². The number of rotatable bonds is 14. The predicted octanol–water partition coefficient (Wildman–Crippen LogP) is 5.85. The molecule has 4 rings (SSSR count).